The first-order chi connectivity index (χ1) is 10.3. The smallest absolute Gasteiger partial charge is 0.186 e. The third-order valence-electron chi connectivity index (χ3n) is 4.75. The van der Waals surface area contributed by atoms with Crippen LogP contribution in [0.25, 0.3) is 0 Å². The molecule has 130 valence electrons. The minimum absolute atomic E-state index is 0.224. The molecule has 0 aromatic carbocycles. The average Bonchev–Trinajstić information content (AvgIpc) is 2.49. The van der Waals surface area contributed by atoms with E-state index in [-0.39, 0.29) is 12.0 Å². The number of nitrogens with two attached hydrogens (primary N) is 3. The second-order valence-electron chi connectivity index (χ2n) is 6.30. The van der Waals surface area contributed by atoms with Crippen molar-refractivity contribution in [3.8, 4) is 0 Å². The van der Waals surface area contributed by atoms with E-state index in [1.807, 2.05) is 0 Å². The Bertz CT molecular complexity index is 374. The molecule has 10 N–H and O–H groups in total. The minimum Gasteiger partial charge on any atom is -0.394 e. The number of hydrogen-bond donors (Lipinski definition) is 7. The topological polar surface area (TPSA) is 177 Å². The third-order valence-corrected chi connectivity index (χ3v) is 4.75. The Kier molecular flexibility index (Phi) is 5.75. The molecule has 1 saturated heterocycles. The monoisotopic (exact) mass is 321 g/mol. The molecule has 2 aliphatic rings. The van der Waals surface area contributed by atoms with Gasteiger partial charge in [-0.1, -0.05) is 6.92 Å². The average molecular weight is 321 g/mol. The van der Waals surface area contributed by atoms with Crippen LogP contribution in [0.1, 0.15) is 13.3 Å². The summed E-state index contributed by atoms with van der Waals surface area (Å²) in [4.78, 5) is 0. The second kappa shape index (κ2) is 7.04. The summed E-state index contributed by atoms with van der Waals surface area (Å²) >= 11 is 0. The van der Waals surface area contributed by atoms with E-state index < -0.39 is 55.5 Å². The SMILES string of the molecule is CC1[C@@H](N)C[C@@H](N)[C@H](O[C@H]2O[C@H](CO)[C@@H](O)[C@H](N)[C@H]2O)[C@H]1O. The first-order valence-corrected chi connectivity index (χ1v) is 7.50. The zero-order valence-corrected chi connectivity index (χ0v) is 12.5. The zero-order valence-electron chi connectivity index (χ0n) is 12.5. The molecule has 10 atom stereocenters. The number of aliphatic hydroxyl groups is 4. The van der Waals surface area contributed by atoms with Crippen molar-refractivity contribution in [3.63, 3.8) is 0 Å². The van der Waals surface area contributed by atoms with E-state index in [0.717, 1.165) is 0 Å². The molecule has 0 radical (unpaired) electrons. The van der Waals surface area contributed by atoms with Crippen molar-refractivity contribution < 1.29 is 29.9 Å². The van der Waals surface area contributed by atoms with Gasteiger partial charge in [-0.3, -0.25) is 0 Å². The highest BCUT2D eigenvalue weighted by atomic mass is 16.7. The molecule has 9 heteroatoms. The fourth-order valence-corrected chi connectivity index (χ4v) is 3.03. The Morgan fingerprint density at radius 2 is 1.68 bits per heavy atom. The normalized spacial score (nSPS) is 53.5. The second-order valence-corrected chi connectivity index (χ2v) is 6.30. The van der Waals surface area contributed by atoms with Crippen LogP contribution >= 0.6 is 0 Å². The fraction of sp³-hybridized carbons (Fsp3) is 1.00. The van der Waals surface area contributed by atoms with E-state index in [9.17, 15) is 20.4 Å². The highest BCUT2D eigenvalue weighted by Gasteiger charge is 2.47. The van der Waals surface area contributed by atoms with E-state index in [1.54, 1.807) is 6.92 Å². The van der Waals surface area contributed by atoms with E-state index in [4.69, 9.17) is 26.7 Å². The summed E-state index contributed by atoms with van der Waals surface area (Å²) in [5.41, 5.74) is 17.6. The van der Waals surface area contributed by atoms with E-state index >= 15 is 0 Å². The molecule has 0 aromatic heterocycles. The van der Waals surface area contributed by atoms with Gasteiger partial charge in [0.05, 0.1) is 18.8 Å². The van der Waals surface area contributed by atoms with Crippen LogP contribution in [-0.4, -0.2) is 82.0 Å². The van der Waals surface area contributed by atoms with Gasteiger partial charge in [-0.25, -0.2) is 0 Å². The lowest BCUT2D eigenvalue weighted by Crippen LogP contribution is -2.65. The van der Waals surface area contributed by atoms with Crippen LogP contribution < -0.4 is 17.2 Å². The fourth-order valence-electron chi connectivity index (χ4n) is 3.03. The van der Waals surface area contributed by atoms with Crippen molar-refractivity contribution in [1.29, 1.82) is 0 Å². The maximum absolute atomic E-state index is 10.3. The highest BCUT2D eigenvalue weighted by molar-refractivity contribution is 4.98. The number of rotatable bonds is 3. The molecule has 0 bridgehead atoms. The maximum Gasteiger partial charge on any atom is 0.186 e. The number of ether oxygens (including phenoxy) is 2. The van der Waals surface area contributed by atoms with Crippen molar-refractivity contribution >= 4 is 0 Å². The van der Waals surface area contributed by atoms with Gasteiger partial charge in [0.25, 0.3) is 0 Å². The summed E-state index contributed by atoms with van der Waals surface area (Å²) in [5, 5.41) is 39.4. The molecule has 1 unspecified atom stereocenters. The lowest BCUT2D eigenvalue weighted by molar-refractivity contribution is -0.302. The highest BCUT2D eigenvalue weighted by Crippen LogP contribution is 2.29. The lowest BCUT2D eigenvalue weighted by Gasteiger charge is -2.46. The number of aliphatic hydroxyl groups excluding tert-OH is 4. The largest absolute Gasteiger partial charge is 0.394 e. The van der Waals surface area contributed by atoms with Gasteiger partial charge in [0.2, 0.25) is 0 Å². The molecule has 0 amide bonds. The van der Waals surface area contributed by atoms with Gasteiger partial charge in [-0.05, 0) is 12.3 Å². The molecule has 1 saturated carbocycles. The lowest BCUT2D eigenvalue weighted by atomic mass is 9.79. The predicted molar refractivity (Wildman–Crippen MR) is 76.3 cm³/mol. The van der Waals surface area contributed by atoms with Gasteiger partial charge in [0.15, 0.2) is 6.29 Å². The van der Waals surface area contributed by atoms with Crippen molar-refractivity contribution in [1.82, 2.24) is 0 Å². The van der Waals surface area contributed by atoms with Gasteiger partial charge in [0, 0.05) is 12.1 Å². The van der Waals surface area contributed by atoms with Gasteiger partial charge in [0.1, 0.15) is 24.4 Å². The molecule has 2 fully saturated rings. The van der Waals surface area contributed by atoms with Crippen molar-refractivity contribution in [2.24, 2.45) is 23.1 Å². The van der Waals surface area contributed by atoms with Gasteiger partial charge < -0.3 is 47.1 Å². The van der Waals surface area contributed by atoms with Crippen LogP contribution in [0.3, 0.4) is 0 Å². The molecule has 0 spiro atoms. The van der Waals surface area contributed by atoms with Crippen molar-refractivity contribution in [2.75, 3.05) is 6.61 Å². The third kappa shape index (κ3) is 3.28. The summed E-state index contributed by atoms with van der Waals surface area (Å²) in [5.74, 6) is -0.224. The van der Waals surface area contributed by atoms with E-state index in [2.05, 4.69) is 0 Å². The number of hydrogen-bond acceptors (Lipinski definition) is 9. The molecule has 22 heavy (non-hydrogen) atoms. The van der Waals surface area contributed by atoms with Gasteiger partial charge in [-0.2, -0.15) is 0 Å². The van der Waals surface area contributed by atoms with Gasteiger partial charge >= 0.3 is 0 Å². The molecule has 0 aromatic rings. The van der Waals surface area contributed by atoms with E-state index in [0.29, 0.717) is 6.42 Å². The van der Waals surface area contributed by atoms with Crippen LogP contribution in [0.15, 0.2) is 0 Å². The summed E-state index contributed by atoms with van der Waals surface area (Å²) in [6.07, 6.45) is -5.91. The summed E-state index contributed by atoms with van der Waals surface area (Å²) < 4.78 is 11.0. The van der Waals surface area contributed by atoms with Crippen LogP contribution in [0.5, 0.6) is 0 Å². The van der Waals surface area contributed by atoms with Crippen LogP contribution in [0, 0.1) is 5.92 Å². The Morgan fingerprint density at radius 1 is 1.05 bits per heavy atom. The predicted octanol–water partition coefficient (Wildman–Crippen LogP) is -3.81. The molecule has 2 rings (SSSR count). The first-order valence-electron chi connectivity index (χ1n) is 7.50. The Balaban J connectivity index is 2.08. The van der Waals surface area contributed by atoms with Crippen LogP contribution in [0.4, 0.5) is 0 Å². The van der Waals surface area contributed by atoms with Crippen LogP contribution in [-0.2, 0) is 9.47 Å². The Morgan fingerprint density at radius 3 is 2.27 bits per heavy atom. The maximum atomic E-state index is 10.3. The molecule has 1 heterocycles. The van der Waals surface area contributed by atoms with Gasteiger partial charge in [-0.15, -0.1) is 0 Å². The molecule has 9 nitrogen and oxygen atoms in total. The van der Waals surface area contributed by atoms with Crippen molar-refractivity contribution in [3.05, 3.63) is 0 Å². The Labute approximate surface area is 129 Å². The molecule has 1 aliphatic carbocycles. The Hall–Kier alpha value is -0.360. The van der Waals surface area contributed by atoms with E-state index in [1.165, 1.54) is 0 Å². The summed E-state index contributed by atoms with van der Waals surface area (Å²) in [6.45, 7) is 1.32. The molecular weight excluding hydrogens is 294 g/mol. The quantitative estimate of drug-likeness (QED) is 0.274. The zero-order chi connectivity index (χ0) is 16.6. The first kappa shape index (κ1) is 18.0. The standard InChI is InChI=1S/C13H27N3O6/c1-4-5(14)2-6(15)12(9(4)18)22-13-11(20)8(16)10(19)7(3-17)21-13/h4-13,17-20H,2-3,14-16H2,1H3/t4?,5-,6+,7+,8-,9-,10+,11+,12-,13+/m0/s1. The molecular formula is C13H27N3O6. The summed E-state index contributed by atoms with van der Waals surface area (Å²) in [6, 6.07) is -1.79. The minimum atomic E-state index is -1.30. The van der Waals surface area contributed by atoms with Crippen molar-refractivity contribution in [2.45, 2.75) is 68.3 Å². The molecule has 1 aliphatic heterocycles. The van der Waals surface area contributed by atoms with Crippen LogP contribution in [0.2, 0.25) is 0 Å². The summed E-state index contributed by atoms with van der Waals surface area (Å²) in [7, 11) is 0.